The fourth-order valence-corrected chi connectivity index (χ4v) is 0.566. The molecule has 5 heteroatoms. The second kappa shape index (κ2) is 4.72. The van der Waals surface area contributed by atoms with Gasteiger partial charge in [0.15, 0.2) is 0 Å². The molecule has 4 nitrogen and oxygen atoms in total. The standard InChI is InChI=1S/C3H8O4S.CH4/c1-2-3-7-8(4,5)6;/h2-3H2,1H3,(H,4,5,6);1H4. The molecule has 0 aliphatic heterocycles. The van der Waals surface area contributed by atoms with Crippen molar-refractivity contribution in [3.63, 3.8) is 0 Å². The zero-order valence-corrected chi connectivity index (χ0v) is 5.31. The van der Waals surface area contributed by atoms with Gasteiger partial charge < -0.3 is 0 Å². The number of hydrogen-bond acceptors (Lipinski definition) is 3. The first kappa shape index (κ1) is 11.6. The van der Waals surface area contributed by atoms with Crippen LogP contribution in [-0.4, -0.2) is 19.6 Å². The van der Waals surface area contributed by atoms with E-state index in [0.29, 0.717) is 6.42 Å². The van der Waals surface area contributed by atoms with E-state index in [1.807, 2.05) is 0 Å². The summed E-state index contributed by atoms with van der Waals surface area (Å²) in [7, 11) is -4.19. The summed E-state index contributed by atoms with van der Waals surface area (Å²) in [6.07, 6.45) is 0.569. The van der Waals surface area contributed by atoms with Gasteiger partial charge in [0.05, 0.1) is 6.61 Å². The first-order valence-corrected chi connectivity index (χ1v) is 3.54. The lowest BCUT2D eigenvalue weighted by atomic mass is 10.5. The van der Waals surface area contributed by atoms with Crippen LogP contribution in [0, 0.1) is 0 Å². The first-order valence-electron chi connectivity index (χ1n) is 2.18. The second-order valence-corrected chi connectivity index (χ2v) is 2.34. The highest BCUT2D eigenvalue weighted by molar-refractivity contribution is 7.80. The van der Waals surface area contributed by atoms with E-state index in [4.69, 9.17) is 4.55 Å². The Bertz CT molecular complexity index is 137. The molecule has 0 saturated heterocycles. The van der Waals surface area contributed by atoms with Gasteiger partial charge >= 0.3 is 10.4 Å². The van der Waals surface area contributed by atoms with Gasteiger partial charge in [-0.25, -0.2) is 4.18 Å². The lowest BCUT2D eigenvalue weighted by molar-refractivity contribution is 0.269. The fourth-order valence-electron chi connectivity index (χ4n) is 0.189. The third kappa shape index (κ3) is 11.4. The highest BCUT2D eigenvalue weighted by Crippen LogP contribution is 1.86. The third-order valence-corrected chi connectivity index (χ3v) is 0.901. The highest BCUT2D eigenvalue weighted by Gasteiger charge is 1.99. The van der Waals surface area contributed by atoms with E-state index in [1.165, 1.54) is 0 Å². The molecule has 58 valence electrons. The van der Waals surface area contributed by atoms with Gasteiger partial charge in [0.1, 0.15) is 0 Å². The smallest absolute Gasteiger partial charge is 0.264 e. The summed E-state index contributed by atoms with van der Waals surface area (Å²) in [5.74, 6) is 0. The Morgan fingerprint density at radius 2 is 2.00 bits per heavy atom. The third-order valence-electron chi connectivity index (χ3n) is 0.436. The van der Waals surface area contributed by atoms with Gasteiger partial charge in [0, 0.05) is 0 Å². The maximum atomic E-state index is 9.72. The van der Waals surface area contributed by atoms with Crippen LogP contribution in [0.5, 0.6) is 0 Å². The summed E-state index contributed by atoms with van der Waals surface area (Å²) in [5.41, 5.74) is 0. The minimum Gasteiger partial charge on any atom is -0.264 e. The molecular weight excluding hydrogens is 144 g/mol. The van der Waals surface area contributed by atoms with E-state index in [2.05, 4.69) is 4.18 Å². The predicted molar refractivity (Wildman–Crippen MR) is 34.5 cm³/mol. The van der Waals surface area contributed by atoms with Crippen LogP contribution in [0.1, 0.15) is 20.8 Å². The van der Waals surface area contributed by atoms with Gasteiger partial charge in [-0.05, 0) is 6.42 Å². The zero-order chi connectivity index (χ0) is 6.62. The lowest BCUT2D eigenvalue weighted by Gasteiger charge is -1.92. The summed E-state index contributed by atoms with van der Waals surface area (Å²) in [4.78, 5) is 0. The molecule has 0 aromatic heterocycles. The molecule has 0 aromatic rings. The Hall–Kier alpha value is -0.130. The first-order chi connectivity index (χ1) is 3.56. The minimum absolute atomic E-state index is 0. The van der Waals surface area contributed by atoms with Crippen molar-refractivity contribution in [2.45, 2.75) is 20.8 Å². The molecule has 0 rings (SSSR count). The predicted octanol–water partition coefficient (Wildman–Crippen LogP) is 0.852. The molecule has 0 unspecified atom stereocenters. The number of hydrogen-bond donors (Lipinski definition) is 1. The van der Waals surface area contributed by atoms with E-state index in [1.54, 1.807) is 6.92 Å². The Balaban J connectivity index is 0. The quantitative estimate of drug-likeness (QED) is 0.615. The Morgan fingerprint density at radius 3 is 2.11 bits per heavy atom. The average molecular weight is 156 g/mol. The van der Waals surface area contributed by atoms with E-state index < -0.39 is 10.4 Å². The van der Waals surface area contributed by atoms with E-state index in [9.17, 15) is 8.42 Å². The topological polar surface area (TPSA) is 63.6 Å². The van der Waals surface area contributed by atoms with Gasteiger partial charge in [-0.15, -0.1) is 0 Å². The van der Waals surface area contributed by atoms with Crippen molar-refractivity contribution in [2.24, 2.45) is 0 Å². The van der Waals surface area contributed by atoms with E-state index in [0.717, 1.165) is 0 Å². The summed E-state index contributed by atoms with van der Waals surface area (Å²) in [5, 5.41) is 0. The average Bonchev–Trinajstić information content (AvgIpc) is 1.59. The van der Waals surface area contributed by atoms with Crippen molar-refractivity contribution in [1.29, 1.82) is 0 Å². The molecule has 0 aliphatic carbocycles. The van der Waals surface area contributed by atoms with Gasteiger partial charge in [-0.1, -0.05) is 14.4 Å². The fraction of sp³-hybridized carbons (Fsp3) is 1.00. The molecule has 9 heavy (non-hydrogen) atoms. The van der Waals surface area contributed by atoms with Crippen molar-refractivity contribution < 1.29 is 17.2 Å². The van der Waals surface area contributed by atoms with Gasteiger partial charge in [-0.2, -0.15) is 8.42 Å². The summed E-state index contributed by atoms with van der Waals surface area (Å²) in [6.45, 7) is 1.78. The van der Waals surface area contributed by atoms with Crippen LogP contribution in [0.3, 0.4) is 0 Å². The van der Waals surface area contributed by atoms with Crippen LogP contribution in [-0.2, 0) is 14.6 Å². The Labute approximate surface area is 55.8 Å². The summed E-state index contributed by atoms with van der Waals surface area (Å²) < 4.78 is 31.3. The summed E-state index contributed by atoms with van der Waals surface area (Å²) in [6, 6.07) is 0. The van der Waals surface area contributed by atoms with Crippen LogP contribution in [0.4, 0.5) is 0 Å². The molecular formula is C4H12O4S. The lowest BCUT2D eigenvalue weighted by Crippen LogP contribution is -2.03. The molecule has 0 bridgehead atoms. The highest BCUT2D eigenvalue weighted by atomic mass is 32.3. The molecule has 1 N–H and O–H groups in total. The molecule has 0 aromatic carbocycles. The second-order valence-electron chi connectivity index (χ2n) is 1.25. The van der Waals surface area contributed by atoms with Crippen LogP contribution in [0.25, 0.3) is 0 Å². The largest absolute Gasteiger partial charge is 0.397 e. The molecule has 0 spiro atoms. The van der Waals surface area contributed by atoms with Gasteiger partial charge in [-0.3, -0.25) is 4.55 Å². The maximum Gasteiger partial charge on any atom is 0.397 e. The molecule has 0 amide bonds. The molecule has 0 radical (unpaired) electrons. The van der Waals surface area contributed by atoms with Crippen LogP contribution >= 0.6 is 0 Å². The van der Waals surface area contributed by atoms with Gasteiger partial charge in [0.25, 0.3) is 0 Å². The SMILES string of the molecule is C.CCCOS(=O)(=O)O. The molecule has 0 fully saturated rings. The normalized spacial score (nSPS) is 10.4. The van der Waals surface area contributed by atoms with E-state index >= 15 is 0 Å². The molecule has 0 aliphatic rings. The van der Waals surface area contributed by atoms with E-state index in [-0.39, 0.29) is 14.0 Å². The Morgan fingerprint density at radius 1 is 1.56 bits per heavy atom. The summed E-state index contributed by atoms with van der Waals surface area (Å²) >= 11 is 0. The molecule has 0 saturated carbocycles. The monoisotopic (exact) mass is 156 g/mol. The Kier molecular flexibility index (Phi) is 6.11. The molecule has 0 atom stereocenters. The van der Waals surface area contributed by atoms with Crippen molar-refractivity contribution in [1.82, 2.24) is 0 Å². The number of rotatable bonds is 3. The van der Waals surface area contributed by atoms with Crippen LogP contribution < -0.4 is 0 Å². The van der Waals surface area contributed by atoms with Crippen molar-refractivity contribution >= 4 is 10.4 Å². The molecule has 0 heterocycles. The van der Waals surface area contributed by atoms with Crippen molar-refractivity contribution in [3.8, 4) is 0 Å². The van der Waals surface area contributed by atoms with Gasteiger partial charge in [0.2, 0.25) is 0 Å². The zero-order valence-electron chi connectivity index (χ0n) is 4.49. The van der Waals surface area contributed by atoms with Crippen molar-refractivity contribution in [3.05, 3.63) is 0 Å². The van der Waals surface area contributed by atoms with Crippen LogP contribution in [0.2, 0.25) is 0 Å². The van der Waals surface area contributed by atoms with Crippen molar-refractivity contribution in [2.75, 3.05) is 6.61 Å². The maximum absolute atomic E-state index is 9.72. The minimum atomic E-state index is -4.19. The van der Waals surface area contributed by atoms with Crippen LogP contribution in [0.15, 0.2) is 0 Å².